The number of nitrogens with zero attached hydrogens (tertiary/aromatic N) is 4. The molecule has 1 N–H and O–H groups in total. The van der Waals surface area contributed by atoms with Crippen LogP contribution in [0.15, 0.2) is 90.4 Å². The number of halogens is 1. The fourth-order valence-corrected chi connectivity index (χ4v) is 4.46. The van der Waals surface area contributed by atoms with Gasteiger partial charge in [-0.1, -0.05) is 41.8 Å². The van der Waals surface area contributed by atoms with Crippen molar-refractivity contribution in [1.29, 1.82) is 0 Å². The van der Waals surface area contributed by atoms with Gasteiger partial charge in [0.25, 0.3) is 5.56 Å². The fourth-order valence-electron chi connectivity index (χ4n) is 4.33. The number of rotatable bonds is 5. The molecule has 5 aromatic rings. The predicted molar refractivity (Wildman–Crippen MR) is 151 cm³/mol. The number of imidazole rings is 1. The molecule has 3 aromatic heterocycles. The molecule has 0 saturated heterocycles. The van der Waals surface area contributed by atoms with Gasteiger partial charge in [0.05, 0.1) is 6.33 Å². The van der Waals surface area contributed by atoms with Crippen LogP contribution >= 0.6 is 11.6 Å². The highest BCUT2D eigenvalue weighted by molar-refractivity contribution is 6.30. The second kappa shape index (κ2) is 11.1. The van der Waals surface area contributed by atoms with Crippen molar-refractivity contribution in [2.24, 2.45) is 13.0 Å². The smallest absolute Gasteiger partial charge is 0.252 e. The third-order valence-corrected chi connectivity index (χ3v) is 6.84. The summed E-state index contributed by atoms with van der Waals surface area (Å²) in [4.78, 5) is 21.5. The number of aliphatic hydroxyl groups excluding tert-OH is 1. The summed E-state index contributed by atoms with van der Waals surface area (Å²) in [5.41, 5.74) is 4.25. The zero-order chi connectivity index (χ0) is 26.6. The van der Waals surface area contributed by atoms with Crippen molar-refractivity contribution >= 4 is 22.6 Å². The van der Waals surface area contributed by atoms with Crippen LogP contribution < -0.4 is 5.56 Å². The lowest BCUT2D eigenvalue weighted by Crippen LogP contribution is -2.22. The number of aliphatic hydroxyl groups is 1. The topological polar surface area (TPSA) is 72.9 Å². The summed E-state index contributed by atoms with van der Waals surface area (Å²) in [6.45, 7) is 0.659. The molecule has 2 aromatic carbocycles. The van der Waals surface area contributed by atoms with Gasteiger partial charge in [-0.15, -0.1) is 6.42 Å². The van der Waals surface area contributed by atoms with E-state index < -0.39 is 6.10 Å². The number of hydrogen-bond acceptors (Lipinski definition) is 4. The first-order chi connectivity index (χ1) is 18.4. The molecule has 1 fully saturated rings. The normalized spacial score (nSPS) is 13.4. The summed E-state index contributed by atoms with van der Waals surface area (Å²) in [6, 6.07) is 18.2. The van der Waals surface area contributed by atoms with E-state index in [0.717, 1.165) is 40.5 Å². The van der Waals surface area contributed by atoms with Crippen LogP contribution in [0, 0.1) is 18.3 Å². The molecular formula is C31H27ClN4O2. The molecule has 6 rings (SSSR count). The monoisotopic (exact) mass is 522 g/mol. The Morgan fingerprint density at radius 3 is 2.55 bits per heavy atom. The maximum absolute atomic E-state index is 13.0. The van der Waals surface area contributed by atoms with E-state index >= 15 is 0 Å². The van der Waals surface area contributed by atoms with Gasteiger partial charge in [-0.25, -0.2) is 9.97 Å². The first-order valence-electron chi connectivity index (χ1n) is 12.4. The second-order valence-electron chi connectivity index (χ2n) is 9.50. The highest BCUT2D eigenvalue weighted by Gasteiger charge is 2.24. The average molecular weight is 523 g/mol. The Morgan fingerprint density at radius 1 is 1.13 bits per heavy atom. The summed E-state index contributed by atoms with van der Waals surface area (Å²) in [6.07, 6.45) is 14.0. The molecule has 1 saturated carbocycles. The SMILES string of the molecule is C#Cc1cccc(-c2cc(=O)n(CC3CC3)c3ncc(C(O)c4ccc(Cl)cc4)cc23)c1.Cn1ccnc1. The average Bonchev–Trinajstić information content (AvgIpc) is 3.64. The minimum absolute atomic E-state index is 0.0796. The molecular weight excluding hydrogens is 496 g/mol. The first kappa shape index (κ1) is 25.5. The van der Waals surface area contributed by atoms with Gasteiger partial charge in [0.1, 0.15) is 11.8 Å². The van der Waals surface area contributed by atoms with Crippen LogP contribution in [-0.2, 0) is 13.6 Å². The quantitative estimate of drug-likeness (QED) is 0.304. The van der Waals surface area contributed by atoms with Gasteiger partial charge in [0.2, 0.25) is 0 Å². The Morgan fingerprint density at radius 2 is 1.92 bits per heavy atom. The number of aromatic nitrogens is 4. The zero-order valence-electron chi connectivity index (χ0n) is 21.0. The summed E-state index contributed by atoms with van der Waals surface area (Å²) in [5, 5.41) is 12.4. The summed E-state index contributed by atoms with van der Waals surface area (Å²) < 4.78 is 3.64. The number of benzene rings is 2. The number of fused-ring (bicyclic) bond motifs is 1. The Labute approximate surface area is 226 Å². The van der Waals surface area contributed by atoms with Crippen LogP contribution in [-0.4, -0.2) is 24.2 Å². The Bertz CT molecular complexity index is 1660. The number of pyridine rings is 2. The lowest BCUT2D eigenvalue weighted by molar-refractivity contribution is 0.220. The Hall–Kier alpha value is -4.18. The molecule has 0 spiro atoms. The van der Waals surface area contributed by atoms with Crippen LogP contribution in [0.1, 0.15) is 35.6 Å². The fraction of sp³-hybridized carbons (Fsp3) is 0.194. The van der Waals surface area contributed by atoms with Gasteiger partial charge in [0, 0.05) is 59.8 Å². The highest BCUT2D eigenvalue weighted by atomic mass is 35.5. The Kier molecular flexibility index (Phi) is 7.41. The van der Waals surface area contributed by atoms with Crippen molar-refractivity contribution in [3.05, 3.63) is 118 Å². The predicted octanol–water partition coefficient (Wildman–Crippen LogP) is 5.61. The van der Waals surface area contributed by atoms with Crippen molar-refractivity contribution in [2.75, 3.05) is 0 Å². The van der Waals surface area contributed by atoms with E-state index in [0.29, 0.717) is 28.7 Å². The molecule has 0 amide bonds. The summed E-state index contributed by atoms with van der Waals surface area (Å²) in [5.74, 6) is 3.17. The van der Waals surface area contributed by atoms with Crippen molar-refractivity contribution < 1.29 is 5.11 Å². The van der Waals surface area contributed by atoms with E-state index in [-0.39, 0.29) is 5.56 Å². The molecule has 6 nitrogen and oxygen atoms in total. The van der Waals surface area contributed by atoms with Gasteiger partial charge in [-0.05, 0) is 65.8 Å². The van der Waals surface area contributed by atoms with Crippen LogP contribution in [0.4, 0.5) is 0 Å². The first-order valence-corrected chi connectivity index (χ1v) is 12.8. The van der Waals surface area contributed by atoms with E-state index in [1.807, 2.05) is 48.1 Å². The molecule has 0 aliphatic heterocycles. The molecule has 1 aliphatic rings. The minimum atomic E-state index is -0.863. The number of hydrogen-bond donors (Lipinski definition) is 1. The van der Waals surface area contributed by atoms with E-state index in [4.69, 9.17) is 18.0 Å². The van der Waals surface area contributed by atoms with Gasteiger partial charge in [-0.2, -0.15) is 0 Å². The third-order valence-electron chi connectivity index (χ3n) is 6.58. The standard InChI is InChI=1S/C27H21ClN2O2.C4H6N2/c1-2-17-4-3-5-20(12-17)23-14-25(31)30(16-18-6-7-18)27-24(23)13-21(15-29-27)26(32)19-8-10-22(28)11-9-19;1-6-3-2-5-4-6/h1,3-5,8-15,18,26,32H,6-7,16H2;2-4H,1H3. The van der Waals surface area contributed by atoms with Crippen LogP contribution in [0.25, 0.3) is 22.2 Å². The molecule has 3 heterocycles. The second-order valence-corrected chi connectivity index (χ2v) is 9.93. The summed E-state index contributed by atoms with van der Waals surface area (Å²) >= 11 is 5.99. The maximum atomic E-state index is 13.0. The summed E-state index contributed by atoms with van der Waals surface area (Å²) in [7, 11) is 1.94. The van der Waals surface area contributed by atoms with Gasteiger partial charge >= 0.3 is 0 Å². The van der Waals surface area contributed by atoms with Crippen LogP contribution in [0.2, 0.25) is 5.02 Å². The molecule has 1 unspecified atom stereocenters. The molecule has 1 aliphatic carbocycles. The zero-order valence-corrected chi connectivity index (χ0v) is 21.7. The van der Waals surface area contributed by atoms with Crippen molar-refractivity contribution in [3.8, 4) is 23.5 Å². The minimum Gasteiger partial charge on any atom is -0.384 e. The third kappa shape index (κ3) is 5.70. The van der Waals surface area contributed by atoms with Crippen LogP contribution in [0.3, 0.4) is 0 Å². The van der Waals surface area contributed by atoms with Crippen LogP contribution in [0.5, 0.6) is 0 Å². The molecule has 1 atom stereocenters. The van der Waals surface area contributed by atoms with Crippen molar-refractivity contribution in [1.82, 2.24) is 19.1 Å². The number of aryl methyl sites for hydroxylation is 1. The lowest BCUT2D eigenvalue weighted by Gasteiger charge is -2.16. The molecule has 190 valence electrons. The van der Waals surface area contributed by atoms with E-state index in [2.05, 4.69) is 15.9 Å². The molecule has 0 radical (unpaired) electrons. The highest BCUT2D eigenvalue weighted by Crippen LogP contribution is 2.34. The van der Waals surface area contributed by atoms with E-state index in [9.17, 15) is 9.90 Å². The van der Waals surface area contributed by atoms with Crippen molar-refractivity contribution in [2.45, 2.75) is 25.5 Å². The maximum Gasteiger partial charge on any atom is 0.252 e. The van der Waals surface area contributed by atoms with Gasteiger partial charge in [0.15, 0.2) is 0 Å². The van der Waals surface area contributed by atoms with Crippen molar-refractivity contribution in [3.63, 3.8) is 0 Å². The number of terminal acetylenes is 1. The van der Waals surface area contributed by atoms with Gasteiger partial charge < -0.3 is 9.67 Å². The molecule has 0 bridgehead atoms. The molecule has 38 heavy (non-hydrogen) atoms. The largest absolute Gasteiger partial charge is 0.384 e. The van der Waals surface area contributed by atoms with E-state index in [1.54, 1.807) is 53.6 Å². The van der Waals surface area contributed by atoms with E-state index in [1.165, 1.54) is 0 Å². The lowest BCUT2D eigenvalue weighted by atomic mass is 9.97. The molecule has 7 heteroatoms. The van der Waals surface area contributed by atoms with Gasteiger partial charge in [-0.3, -0.25) is 9.36 Å². The Balaban J connectivity index is 0.000000433.